The maximum Gasteiger partial charge on any atom is 0.326 e. The molecule has 6 atom stereocenters. The maximum absolute atomic E-state index is 14.5. The van der Waals surface area contributed by atoms with Crippen molar-refractivity contribution in [3.8, 4) is 23.5 Å². The van der Waals surface area contributed by atoms with Gasteiger partial charge in [0.25, 0.3) is 0 Å². The molecule has 3 aromatic carbocycles. The zero-order chi connectivity index (χ0) is 66.6. The van der Waals surface area contributed by atoms with Gasteiger partial charge in [0.15, 0.2) is 22.8 Å². The van der Waals surface area contributed by atoms with E-state index < -0.39 is 0 Å². The minimum absolute atomic E-state index is 0.162. The van der Waals surface area contributed by atoms with Gasteiger partial charge in [-0.25, -0.2) is 37.7 Å². The Kier molecular flexibility index (Phi) is 14.9. The Morgan fingerprint density at radius 3 is 1.63 bits per heavy atom. The van der Waals surface area contributed by atoms with Crippen molar-refractivity contribution in [2.24, 2.45) is 23.3 Å². The van der Waals surface area contributed by atoms with E-state index in [1.165, 1.54) is 18.2 Å². The Morgan fingerprint density at radius 1 is 0.571 bits per heavy atom. The fraction of sp³-hybridized carbons (Fsp3) is 0.303. The fourth-order valence-corrected chi connectivity index (χ4v) is 14.9. The molecule has 3 saturated heterocycles. The number of nitrogens with two attached hydrogens (primary N) is 2. The summed E-state index contributed by atoms with van der Waals surface area (Å²) in [6.45, 7) is 6.01. The lowest BCUT2D eigenvalue weighted by atomic mass is 10.0. The van der Waals surface area contributed by atoms with Crippen LogP contribution in [-0.4, -0.2) is 169 Å². The largest absolute Gasteiger partial charge is 0.421 e. The third-order valence-corrected chi connectivity index (χ3v) is 19.5. The molecule has 11 aromatic heterocycles. The first kappa shape index (κ1) is 60.5. The highest BCUT2D eigenvalue weighted by Crippen LogP contribution is 2.47. The molecule has 3 aliphatic heterocycles. The van der Waals surface area contributed by atoms with Gasteiger partial charge in [-0.2, -0.15) is 40.1 Å². The van der Waals surface area contributed by atoms with Crippen LogP contribution in [-0.2, 0) is 4.74 Å². The highest BCUT2D eigenvalue weighted by molar-refractivity contribution is 6.33. The number of fused-ring (bicyclic) bond motifs is 15. The Balaban J connectivity index is 0.000000111. The standard InChI is InChI=1S/C23H22ClN9O.C23H23FN10.C20H20FN7O2/c1-26-17-6-12(24)5-15-19-21(29-20(15)17)30-23(34-14-8-27-18-2-3-28-33(18)10-14)31-22(19)32-9-11-4-13(32)7-16(11)25;1-26-17-6-12(24)5-15-19-21(30-20(15)17)31-23(29-13-8-27-18-2-3-28-34(18)10-13)32-22(19)33-9-11-4-14(33)7-16(11)25;1-11-23-9-13(10-24-11)30-20-26-18-16(19(27-20)28-3-5-29-6-4-28)14-7-12(21)8-15(22-2)17(14)25-18/h2-3,5-6,8,10-11,13,16,26H,4,7,9,25H2,1H3,(H,29,30,31);2-3,5-6,8,10-11,14,16,26H,4,7,9,25H2,1H3,(H2,29,30,31,32);7-10,22H,3-6H2,1-2H3,(H,25,26,27)/t11-,13-,16-;11-,14-,16-;/m11./s1. The van der Waals surface area contributed by atoms with Crippen LogP contribution in [0.1, 0.15) is 31.5 Å². The number of ether oxygens (including phenoxy) is 3. The third kappa shape index (κ3) is 10.8. The van der Waals surface area contributed by atoms with Crippen molar-refractivity contribution in [3.63, 3.8) is 0 Å². The molecule has 0 spiro atoms. The van der Waals surface area contributed by atoms with Crippen LogP contribution in [0.4, 0.5) is 54.9 Å². The van der Waals surface area contributed by atoms with Crippen LogP contribution in [0, 0.1) is 30.4 Å². The summed E-state index contributed by atoms with van der Waals surface area (Å²) in [5, 5.41) is 26.7. The molecule has 11 N–H and O–H groups in total. The lowest BCUT2D eigenvalue weighted by molar-refractivity contribution is 0.122. The molecule has 32 heteroatoms. The number of anilines is 8. The number of rotatable bonds is 12. The van der Waals surface area contributed by atoms with E-state index in [2.05, 4.69) is 91.0 Å². The van der Waals surface area contributed by atoms with E-state index in [0.717, 1.165) is 111 Å². The number of nitrogens with one attached hydrogen (secondary N) is 7. The van der Waals surface area contributed by atoms with Gasteiger partial charge < -0.3 is 76.6 Å². The number of aromatic nitrogens is 17. The number of nitrogens with zero attached hydrogens (tertiary/aromatic N) is 17. The van der Waals surface area contributed by atoms with E-state index in [0.29, 0.717) is 124 Å². The molecule has 0 radical (unpaired) electrons. The summed E-state index contributed by atoms with van der Waals surface area (Å²) in [5.74, 6) is 4.57. The molecule has 14 aromatic rings. The smallest absolute Gasteiger partial charge is 0.326 e. The van der Waals surface area contributed by atoms with Crippen LogP contribution >= 0.6 is 11.6 Å². The van der Waals surface area contributed by atoms with Gasteiger partial charge in [-0.3, -0.25) is 0 Å². The molecular formula is C66H65ClF2N26O3. The molecular weight excluding hydrogens is 1280 g/mol. The highest BCUT2D eigenvalue weighted by Gasteiger charge is 2.46. The van der Waals surface area contributed by atoms with E-state index in [4.69, 9.17) is 57.2 Å². The Morgan fingerprint density at radius 2 is 1.07 bits per heavy atom. The Bertz CT molecular complexity index is 5190. The number of piperidine rings is 2. The van der Waals surface area contributed by atoms with Crippen molar-refractivity contribution >= 4 is 135 Å². The van der Waals surface area contributed by atoms with Gasteiger partial charge in [0, 0.05) is 105 Å². The minimum atomic E-state index is -0.335. The normalized spacial score (nSPS) is 19.6. The van der Waals surface area contributed by atoms with Gasteiger partial charge in [0.2, 0.25) is 5.95 Å². The van der Waals surface area contributed by atoms with E-state index in [1.807, 2.05) is 37.5 Å². The summed E-state index contributed by atoms with van der Waals surface area (Å²) in [7, 11) is 5.40. The van der Waals surface area contributed by atoms with Crippen molar-refractivity contribution in [2.75, 3.05) is 96.5 Å². The second kappa shape index (κ2) is 24.2. The number of halogens is 3. The lowest BCUT2D eigenvalue weighted by Gasteiger charge is -2.31. The van der Waals surface area contributed by atoms with Gasteiger partial charge in [0.1, 0.15) is 51.9 Å². The number of morpholine rings is 1. The van der Waals surface area contributed by atoms with Gasteiger partial charge in [-0.15, -0.1) is 0 Å². The number of H-pyrrole nitrogens is 3. The summed E-state index contributed by atoms with van der Waals surface area (Å²) in [4.78, 5) is 62.5. The number of hydrogen-bond acceptors (Lipinski definition) is 24. The average molecular weight is 1340 g/mol. The summed E-state index contributed by atoms with van der Waals surface area (Å²) in [6, 6.07) is 15.0. The van der Waals surface area contributed by atoms with Gasteiger partial charge in [-0.05, 0) is 80.8 Å². The van der Waals surface area contributed by atoms with Crippen LogP contribution in [0.25, 0.3) is 77.1 Å². The number of hydrogen-bond donors (Lipinski definition) is 9. The van der Waals surface area contributed by atoms with E-state index in [-0.39, 0.29) is 35.7 Å². The molecule has 4 bridgehead atoms. The maximum atomic E-state index is 14.5. The van der Waals surface area contributed by atoms with Crippen LogP contribution in [0.3, 0.4) is 0 Å². The second-order valence-corrected chi connectivity index (χ2v) is 25.6. The zero-order valence-electron chi connectivity index (χ0n) is 53.4. The third-order valence-electron chi connectivity index (χ3n) is 19.2. The first-order chi connectivity index (χ1) is 47.8. The van der Waals surface area contributed by atoms with Crippen molar-refractivity contribution in [1.82, 2.24) is 84.0 Å². The Labute approximate surface area is 560 Å². The fourth-order valence-electron chi connectivity index (χ4n) is 14.7. The predicted molar refractivity (Wildman–Crippen MR) is 371 cm³/mol. The number of benzene rings is 3. The van der Waals surface area contributed by atoms with Gasteiger partial charge in [0.05, 0.1) is 118 Å². The van der Waals surface area contributed by atoms with E-state index in [1.54, 1.807) is 79.5 Å². The predicted octanol–water partition coefficient (Wildman–Crippen LogP) is 9.59. The molecule has 0 amide bonds. The first-order valence-corrected chi connectivity index (χ1v) is 32.6. The SMILES string of the molecule is CNc1cc(Cl)cc2c1[nH]c1nc(Oc3cnc4ccnn4c3)nc(N3C[C@H]4C[C@@H]3C[C@H]4N)c12.CNc1cc(F)cc2c1[nH]c1nc(Nc3cnc4ccnn4c3)nc(N3C[C@H]4C[C@@H]3C[C@H]4N)c12.CNc1cc(F)cc2c1[nH]c1nc(Oc3cnc(C)nc3)nc(N3CCOCC3)c12. The molecule has 14 heterocycles. The molecule has 2 aliphatic carbocycles. The lowest BCUT2D eigenvalue weighted by Crippen LogP contribution is -2.41. The van der Waals surface area contributed by atoms with Gasteiger partial charge in [-0.1, -0.05) is 11.6 Å². The second-order valence-electron chi connectivity index (χ2n) is 25.2. The van der Waals surface area contributed by atoms with Crippen molar-refractivity contribution in [2.45, 2.75) is 56.8 Å². The number of aryl methyl sites for hydroxylation is 1. The van der Waals surface area contributed by atoms with Crippen LogP contribution in [0.15, 0.2) is 98.1 Å². The number of aromatic amines is 3. The monoisotopic (exact) mass is 1340 g/mol. The molecule has 29 nitrogen and oxygen atoms in total. The van der Waals surface area contributed by atoms with Crippen LogP contribution in [0.5, 0.6) is 23.5 Å². The van der Waals surface area contributed by atoms with Crippen molar-refractivity contribution < 1.29 is 23.0 Å². The topological polar surface area (TPSA) is 348 Å². The summed E-state index contributed by atoms with van der Waals surface area (Å²) in [6.07, 6.45) is 17.5. The quantitative estimate of drug-likeness (QED) is 0.0549. The van der Waals surface area contributed by atoms with E-state index in [9.17, 15) is 8.78 Å². The molecule has 5 aliphatic rings. The molecule has 2 saturated carbocycles. The zero-order valence-corrected chi connectivity index (χ0v) is 54.1. The van der Waals surface area contributed by atoms with Crippen LogP contribution in [0.2, 0.25) is 5.02 Å². The van der Waals surface area contributed by atoms with Crippen molar-refractivity contribution in [3.05, 3.63) is 121 Å². The van der Waals surface area contributed by atoms with E-state index >= 15 is 0 Å². The molecule has 5 fully saturated rings. The molecule has 0 unspecified atom stereocenters. The van der Waals surface area contributed by atoms with Crippen LogP contribution < -0.4 is 56.9 Å². The van der Waals surface area contributed by atoms with Crippen molar-refractivity contribution in [1.29, 1.82) is 0 Å². The molecule has 19 rings (SSSR count). The average Bonchev–Trinajstić information content (AvgIpc) is 1.59. The Hall–Kier alpha value is -11.2. The highest BCUT2D eigenvalue weighted by atomic mass is 35.5. The molecule has 98 heavy (non-hydrogen) atoms. The summed E-state index contributed by atoms with van der Waals surface area (Å²) >= 11 is 6.47. The molecule has 498 valence electrons. The first-order valence-electron chi connectivity index (χ1n) is 32.3. The summed E-state index contributed by atoms with van der Waals surface area (Å²) in [5.41, 5.74) is 21.4. The summed E-state index contributed by atoms with van der Waals surface area (Å²) < 4.78 is 49.6. The van der Waals surface area contributed by atoms with Gasteiger partial charge >= 0.3 is 12.0 Å². The minimum Gasteiger partial charge on any atom is -0.421 e.